The van der Waals surface area contributed by atoms with Gasteiger partial charge >= 0.3 is 0 Å². The van der Waals surface area contributed by atoms with Crippen LogP contribution in [0.5, 0.6) is 5.75 Å². The summed E-state index contributed by atoms with van der Waals surface area (Å²) in [5.41, 5.74) is 3.66. The van der Waals surface area contributed by atoms with E-state index in [4.69, 9.17) is 4.74 Å². The Labute approximate surface area is 250 Å². The summed E-state index contributed by atoms with van der Waals surface area (Å²) in [5.74, 6) is 0.525. The largest absolute Gasteiger partial charge is 0.489 e. The number of nitrogens with one attached hydrogen (secondary N) is 1. The normalized spacial score (nSPS) is 26.9. The van der Waals surface area contributed by atoms with Crippen LogP contribution in [0.25, 0.3) is 0 Å². The van der Waals surface area contributed by atoms with E-state index in [1.54, 1.807) is 17.0 Å². The summed E-state index contributed by atoms with van der Waals surface area (Å²) in [6.45, 7) is 6.78. The van der Waals surface area contributed by atoms with Crippen molar-refractivity contribution in [3.63, 3.8) is 0 Å². The van der Waals surface area contributed by atoms with E-state index in [2.05, 4.69) is 20.0 Å². The highest BCUT2D eigenvalue weighted by Crippen LogP contribution is 2.53. The predicted molar refractivity (Wildman–Crippen MR) is 159 cm³/mol. The standard InChI is InChI=1S/C33H38FN5O4/c34-25-3-1-2-4-26(25)37-11-9-33(10-12-37)15-21(16-33)17-36-13-14-38-22(18-36)20-43-30-24-19-39(28-7-8-29(40)35-31(28)41)32(42)23(24)5-6-27(30)38/h1-6,21-22,28H,7-20H2,(H,35,40,41). The third kappa shape index (κ3) is 4.56. The van der Waals surface area contributed by atoms with Gasteiger partial charge in [0.05, 0.1) is 24.0 Å². The van der Waals surface area contributed by atoms with Gasteiger partial charge < -0.3 is 19.4 Å². The Balaban J connectivity index is 0.870. The zero-order chi connectivity index (χ0) is 29.3. The highest BCUT2D eigenvalue weighted by Gasteiger charge is 2.47. The van der Waals surface area contributed by atoms with E-state index in [9.17, 15) is 18.8 Å². The van der Waals surface area contributed by atoms with E-state index in [-0.39, 0.29) is 30.1 Å². The highest BCUT2D eigenvalue weighted by atomic mass is 19.1. The molecule has 1 saturated carbocycles. The number of nitrogens with zero attached hydrogens (tertiary/aromatic N) is 4. The molecule has 1 spiro atoms. The number of halogens is 1. The second-order valence-electron chi connectivity index (χ2n) is 13.5. The molecule has 10 heteroatoms. The van der Waals surface area contributed by atoms with Crippen LogP contribution in [0, 0.1) is 17.2 Å². The van der Waals surface area contributed by atoms with Crippen molar-refractivity contribution in [3.8, 4) is 5.75 Å². The number of hydrogen-bond acceptors (Lipinski definition) is 7. The minimum atomic E-state index is -0.627. The number of carbonyl (C=O) groups is 3. The molecule has 1 aliphatic carbocycles. The quantitative estimate of drug-likeness (QED) is 0.551. The first-order chi connectivity index (χ1) is 20.9. The van der Waals surface area contributed by atoms with Gasteiger partial charge in [-0.15, -0.1) is 0 Å². The molecule has 2 unspecified atom stereocenters. The van der Waals surface area contributed by atoms with Gasteiger partial charge in [-0.25, -0.2) is 4.39 Å². The van der Waals surface area contributed by atoms with Crippen molar-refractivity contribution in [2.24, 2.45) is 11.3 Å². The molecule has 3 amide bonds. The maximum absolute atomic E-state index is 14.3. The first-order valence-corrected chi connectivity index (χ1v) is 15.8. The minimum absolute atomic E-state index is 0.120. The van der Waals surface area contributed by atoms with Gasteiger partial charge in [0.15, 0.2) is 0 Å². The van der Waals surface area contributed by atoms with Gasteiger partial charge in [0.1, 0.15) is 24.2 Å². The first kappa shape index (κ1) is 26.9. The van der Waals surface area contributed by atoms with Gasteiger partial charge in [-0.3, -0.25) is 24.6 Å². The predicted octanol–water partition coefficient (Wildman–Crippen LogP) is 3.17. The maximum atomic E-state index is 14.3. The molecule has 0 bridgehead atoms. The number of anilines is 2. The van der Waals surface area contributed by atoms with E-state index in [0.29, 0.717) is 30.6 Å². The summed E-state index contributed by atoms with van der Waals surface area (Å²) < 4.78 is 20.6. The van der Waals surface area contributed by atoms with E-state index < -0.39 is 11.9 Å². The Hall–Kier alpha value is -3.66. The van der Waals surface area contributed by atoms with Crippen molar-refractivity contribution >= 4 is 29.1 Å². The van der Waals surface area contributed by atoms with Crippen LogP contribution in [0.2, 0.25) is 0 Å². The van der Waals surface area contributed by atoms with Crippen molar-refractivity contribution in [2.75, 3.05) is 55.7 Å². The topological polar surface area (TPSA) is 85.4 Å². The van der Waals surface area contributed by atoms with Gasteiger partial charge in [0, 0.05) is 56.8 Å². The number of ether oxygens (including phenoxy) is 1. The molecule has 8 rings (SSSR count). The summed E-state index contributed by atoms with van der Waals surface area (Å²) in [6, 6.07) is 10.7. The van der Waals surface area contributed by atoms with Crippen LogP contribution in [0.1, 0.15) is 54.4 Å². The van der Waals surface area contributed by atoms with E-state index in [1.165, 1.54) is 12.8 Å². The van der Waals surface area contributed by atoms with Crippen molar-refractivity contribution in [2.45, 2.75) is 57.2 Å². The Morgan fingerprint density at radius 3 is 2.56 bits per heavy atom. The number of carbonyl (C=O) groups excluding carboxylic acids is 3. The Kier molecular flexibility index (Phi) is 6.40. The van der Waals surface area contributed by atoms with Gasteiger partial charge in [-0.2, -0.15) is 0 Å². The Bertz CT molecular complexity index is 1480. The number of piperidine rings is 2. The van der Waals surface area contributed by atoms with Gasteiger partial charge in [-0.05, 0) is 67.7 Å². The molecule has 5 heterocycles. The summed E-state index contributed by atoms with van der Waals surface area (Å²) in [7, 11) is 0. The lowest BCUT2D eigenvalue weighted by atomic mass is 9.57. The van der Waals surface area contributed by atoms with Crippen LogP contribution in [-0.2, 0) is 16.1 Å². The lowest BCUT2D eigenvalue weighted by Gasteiger charge is -2.54. The second-order valence-corrected chi connectivity index (χ2v) is 13.5. The molecule has 2 atom stereocenters. The number of rotatable bonds is 4. The molecule has 5 aliphatic heterocycles. The third-order valence-corrected chi connectivity index (χ3v) is 10.9. The Morgan fingerprint density at radius 2 is 1.77 bits per heavy atom. The molecule has 2 aromatic carbocycles. The van der Waals surface area contributed by atoms with E-state index >= 15 is 0 Å². The molecule has 6 aliphatic rings. The van der Waals surface area contributed by atoms with E-state index in [0.717, 1.165) is 80.7 Å². The molecule has 43 heavy (non-hydrogen) atoms. The van der Waals surface area contributed by atoms with Crippen LogP contribution >= 0.6 is 0 Å². The molecular formula is C33H38FN5O4. The summed E-state index contributed by atoms with van der Waals surface area (Å²) >= 11 is 0. The fourth-order valence-electron chi connectivity index (χ4n) is 8.71. The number of amides is 3. The zero-order valence-electron chi connectivity index (χ0n) is 24.4. The number of hydrogen-bond donors (Lipinski definition) is 1. The zero-order valence-corrected chi connectivity index (χ0v) is 24.4. The number of imide groups is 1. The van der Waals surface area contributed by atoms with Crippen LogP contribution < -0.4 is 19.9 Å². The minimum Gasteiger partial charge on any atom is -0.489 e. The third-order valence-electron chi connectivity index (χ3n) is 10.9. The lowest BCUT2D eigenvalue weighted by Crippen LogP contribution is -2.59. The maximum Gasteiger partial charge on any atom is 0.255 e. The molecule has 0 radical (unpaired) electrons. The number of fused-ring (bicyclic) bond motifs is 5. The lowest BCUT2D eigenvalue weighted by molar-refractivity contribution is -0.136. The van der Waals surface area contributed by atoms with Crippen LogP contribution in [0.3, 0.4) is 0 Å². The summed E-state index contributed by atoms with van der Waals surface area (Å²) in [5, 5.41) is 2.38. The molecule has 0 aromatic heterocycles. The van der Waals surface area contributed by atoms with Gasteiger partial charge in [-0.1, -0.05) is 12.1 Å². The molecule has 226 valence electrons. The fraction of sp³-hybridized carbons (Fsp3) is 0.545. The van der Waals surface area contributed by atoms with Crippen LogP contribution in [0.4, 0.5) is 15.8 Å². The first-order valence-electron chi connectivity index (χ1n) is 15.8. The van der Waals surface area contributed by atoms with Crippen molar-refractivity contribution < 1.29 is 23.5 Å². The molecular weight excluding hydrogens is 549 g/mol. The SMILES string of the molecule is O=C1CCC(N2Cc3c(ccc4c3OCC3CN(CC5CC6(CCN(c7ccccc7F)CC6)C5)CCN43)C2=O)C(=O)N1. The van der Waals surface area contributed by atoms with Gasteiger partial charge in [0.25, 0.3) is 5.91 Å². The van der Waals surface area contributed by atoms with Crippen LogP contribution in [0.15, 0.2) is 36.4 Å². The smallest absolute Gasteiger partial charge is 0.255 e. The molecule has 4 fully saturated rings. The summed E-state index contributed by atoms with van der Waals surface area (Å²) in [6.07, 6.45) is 5.43. The fourth-order valence-corrected chi connectivity index (χ4v) is 8.71. The second kappa shape index (κ2) is 10.2. The van der Waals surface area contributed by atoms with E-state index in [1.807, 2.05) is 24.3 Å². The van der Waals surface area contributed by atoms with Gasteiger partial charge in [0.2, 0.25) is 11.8 Å². The summed E-state index contributed by atoms with van der Waals surface area (Å²) in [4.78, 5) is 46.2. The average molecular weight is 588 g/mol. The molecule has 2 aromatic rings. The average Bonchev–Trinajstić information content (AvgIpc) is 3.33. The highest BCUT2D eigenvalue weighted by molar-refractivity contribution is 6.06. The molecule has 1 N–H and O–H groups in total. The monoisotopic (exact) mass is 587 g/mol. The number of benzene rings is 2. The van der Waals surface area contributed by atoms with Crippen LogP contribution in [-0.4, -0.2) is 85.5 Å². The Morgan fingerprint density at radius 1 is 0.953 bits per heavy atom. The molecule has 3 saturated heterocycles. The number of para-hydroxylation sites is 1. The molecule has 9 nitrogen and oxygen atoms in total. The van der Waals surface area contributed by atoms with Crippen molar-refractivity contribution in [3.05, 3.63) is 53.3 Å². The number of piperazine rings is 1. The van der Waals surface area contributed by atoms with Crippen molar-refractivity contribution in [1.29, 1.82) is 0 Å². The van der Waals surface area contributed by atoms with Crippen molar-refractivity contribution in [1.82, 2.24) is 15.1 Å².